The molecule has 1 aromatic carbocycles. The van der Waals surface area contributed by atoms with Gasteiger partial charge in [-0.1, -0.05) is 32.0 Å². The van der Waals surface area contributed by atoms with Crippen LogP contribution in [0.1, 0.15) is 33.2 Å². The van der Waals surface area contributed by atoms with Crippen molar-refractivity contribution in [3.63, 3.8) is 0 Å². The van der Waals surface area contributed by atoms with Crippen LogP contribution in [0.15, 0.2) is 35.1 Å². The molecule has 0 saturated heterocycles. The van der Waals surface area contributed by atoms with Gasteiger partial charge in [0.25, 0.3) is 0 Å². The van der Waals surface area contributed by atoms with Crippen LogP contribution >= 0.6 is 0 Å². The fraction of sp³-hybridized carbons (Fsp3) is 0.308. The van der Waals surface area contributed by atoms with Crippen LogP contribution in [0.2, 0.25) is 0 Å². The van der Waals surface area contributed by atoms with Gasteiger partial charge in [-0.3, -0.25) is 4.79 Å². The molecule has 0 aliphatic carbocycles. The Morgan fingerprint density at radius 1 is 1.40 bits per heavy atom. The first-order chi connectivity index (χ1) is 7.22. The number of H-pyrrole nitrogens is 1. The third kappa shape index (κ3) is 1.80. The largest absolute Gasteiger partial charge is 0.322 e. The zero-order valence-corrected chi connectivity index (χ0v) is 9.08. The SMILES string of the molecule is CCC(C)c1cc(=O)[nH]c2ccccc12.[HH]. The molecule has 0 radical (unpaired) electrons. The van der Waals surface area contributed by atoms with E-state index in [-0.39, 0.29) is 6.99 Å². The number of pyridine rings is 1. The van der Waals surface area contributed by atoms with Crippen molar-refractivity contribution < 1.29 is 1.43 Å². The van der Waals surface area contributed by atoms with E-state index in [1.807, 2.05) is 18.2 Å². The van der Waals surface area contributed by atoms with Crippen molar-refractivity contribution >= 4 is 10.9 Å². The number of hydrogen-bond acceptors (Lipinski definition) is 1. The van der Waals surface area contributed by atoms with Gasteiger partial charge in [0.05, 0.1) is 0 Å². The number of para-hydroxylation sites is 1. The second kappa shape index (κ2) is 3.89. The standard InChI is InChI=1S/C13H15NO.H2/c1-3-9(2)11-8-13(15)14-12-7-5-4-6-10(11)12;/h4-9H,3H2,1-2H3,(H,14,15);1H. The summed E-state index contributed by atoms with van der Waals surface area (Å²) in [4.78, 5) is 14.3. The molecule has 0 aliphatic heterocycles. The van der Waals surface area contributed by atoms with Gasteiger partial charge in [-0.05, 0) is 24.0 Å². The zero-order chi connectivity index (χ0) is 10.8. The van der Waals surface area contributed by atoms with E-state index in [1.165, 1.54) is 0 Å². The Labute approximate surface area is 90.4 Å². The highest BCUT2D eigenvalue weighted by Crippen LogP contribution is 2.24. The summed E-state index contributed by atoms with van der Waals surface area (Å²) in [5.74, 6) is 0.428. The van der Waals surface area contributed by atoms with Crippen molar-refractivity contribution in [2.45, 2.75) is 26.2 Å². The quantitative estimate of drug-likeness (QED) is 0.798. The van der Waals surface area contributed by atoms with Crippen molar-refractivity contribution in [1.82, 2.24) is 4.98 Å². The van der Waals surface area contributed by atoms with Gasteiger partial charge in [-0.15, -0.1) is 0 Å². The number of aromatic nitrogens is 1. The lowest BCUT2D eigenvalue weighted by Gasteiger charge is -2.11. The van der Waals surface area contributed by atoms with Crippen molar-refractivity contribution in [3.8, 4) is 0 Å². The Bertz CT molecular complexity index is 533. The normalized spacial score (nSPS) is 12.9. The minimum absolute atomic E-state index is 0. The summed E-state index contributed by atoms with van der Waals surface area (Å²) in [6, 6.07) is 9.68. The average Bonchev–Trinajstić information content (AvgIpc) is 2.26. The second-order valence-corrected chi connectivity index (χ2v) is 3.94. The monoisotopic (exact) mass is 203 g/mol. The van der Waals surface area contributed by atoms with E-state index in [0.717, 1.165) is 22.9 Å². The van der Waals surface area contributed by atoms with Gasteiger partial charge < -0.3 is 4.98 Å². The minimum atomic E-state index is -0.0102. The van der Waals surface area contributed by atoms with Gasteiger partial charge in [0.1, 0.15) is 0 Å². The lowest BCUT2D eigenvalue weighted by Crippen LogP contribution is -2.08. The molecule has 0 saturated carbocycles. The Kier molecular flexibility index (Phi) is 2.58. The molecule has 2 rings (SSSR count). The molecule has 80 valence electrons. The maximum absolute atomic E-state index is 11.5. The Balaban J connectivity index is 0.00000128. The molecule has 1 aromatic heterocycles. The molecule has 1 N–H and O–H groups in total. The van der Waals surface area contributed by atoms with E-state index in [0.29, 0.717) is 5.92 Å². The maximum Gasteiger partial charge on any atom is 0.248 e. The van der Waals surface area contributed by atoms with Crippen LogP contribution in [0, 0.1) is 0 Å². The van der Waals surface area contributed by atoms with Gasteiger partial charge in [0, 0.05) is 18.4 Å². The van der Waals surface area contributed by atoms with E-state index >= 15 is 0 Å². The fourth-order valence-electron chi connectivity index (χ4n) is 1.86. The molecule has 0 aliphatic rings. The average molecular weight is 203 g/mol. The Hall–Kier alpha value is -1.57. The summed E-state index contributed by atoms with van der Waals surface area (Å²) in [5.41, 5.74) is 2.07. The molecule has 2 aromatic rings. The first-order valence-electron chi connectivity index (χ1n) is 5.34. The number of aromatic amines is 1. The van der Waals surface area contributed by atoms with Gasteiger partial charge in [-0.25, -0.2) is 0 Å². The Morgan fingerprint density at radius 2 is 2.13 bits per heavy atom. The molecule has 2 nitrogen and oxygen atoms in total. The lowest BCUT2D eigenvalue weighted by molar-refractivity contribution is 0.738. The van der Waals surface area contributed by atoms with Gasteiger partial charge in [-0.2, -0.15) is 0 Å². The van der Waals surface area contributed by atoms with E-state index < -0.39 is 0 Å². The van der Waals surface area contributed by atoms with Crippen LogP contribution in [0.5, 0.6) is 0 Å². The highest BCUT2D eigenvalue weighted by molar-refractivity contribution is 5.82. The first kappa shape index (κ1) is 9.97. The first-order valence-corrected chi connectivity index (χ1v) is 5.34. The molecule has 0 amide bonds. The Morgan fingerprint density at radius 3 is 2.87 bits per heavy atom. The van der Waals surface area contributed by atoms with Crippen LogP contribution in [-0.4, -0.2) is 4.98 Å². The van der Waals surface area contributed by atoms with Gasteiger partial charge in [0.2, 0.25) is 5.56 Å². The predicted octanol–water partition coefficient (Wildman–Crippen LogP) is 3.29. The van der Waals surface area contributed by atoms with E-state index in [9.17, 15) is 4.79 Å². The second-order valence-electron chi connectivity index (χ2n) is 3.94. The van der Waals surface area contributed by atoms with Crippen molar-refractivity contribution in [2.75, 3.05) is 0 Å². The fourth-order valence-corrected chi connectivity index (χ4v) is 1.86. The van der Waals surface area contributed by atoms with E-state index in [2.05, 4.69) is 24.9 Å². The molecule has 0 spiro atoms. The van der Waals surface area contributed by atoms with Crippen LogP contribution in [0.25, 0.3) is 10.9 Å². The lowest BCUT2D eigenvalue weighted by atomic mass is 9.95. The van der Waals surface area contributed by atoms with Crippen molar-refractivity contribution in [1.29, 1.82) is 0 Å². The van der Waals surface area contributed by atoms with Gasteiger partial charge in [0.15, 0.2) is 0 Å². The summed E-state index contributed by atoms with van der Waals surface area (Å²) in [5, 5.41) is 1.16. The summed E-state index contributed by atoms with van der Waals surface area (Å²) < 4.78 is 0. The van der Waals surface area contributed by atoms with Crippen LogP contribution in [0.4, 0.5) is 0 Å². The van der Waals surface area contributed by atoms with Crippen LogP contribution in [-0.2, 0) is 0 Å². The molecule has 2 heteroatoms. The smallest absolute Gasteiger partial charge is 0.248 e. The van der Waals surface area contributed by atoms with Crippen molar-refractivity contribution in [3.05, 3.63) is 46.2 Å². The van der Waals surface area contributed by atoms with E-state index in [1.54, 1.807) is 6.07 Å². The third-order valence-corrected chi connectivity index (χ3v) is 2.93. The third-order valence-electron chi connectivity index (χ3n) is 2.93. The summed E-state index contributed by atoms with van der Waals surface area (Å²) in [7, 11) is 0. The number of nitrogens with one attached hydrogen (secondary N) is 1. The highest BCUT2D eigenvalue weighted by atomic mass is 16.1. The number of fused-ring (bicyclic) bond motifs is 1. The molecular weight excluding hydrogens is 186 g/mol. The molecule has 15 heavy (non-hydrogen) atoms. The van der Waals surface area contributed by atoms with Crippen LogP contribution < -0.4 is 5.56 Å². The molecule has 0 bridgehead atoms. The summed E-state index contributed by atoms with van der Waals surface area (Å²) in [6.07, 6.45) is 1.05. The minimum Gasteiger partial charge on any atom is -0.322 e. The number of rotatable bonds is 2. The van der Waals surface area contributed by atoms with Gasteiger partial charge >= 0.3 is 0 Å². The van der Waals surface area contributed by atoms with E-state index in [4.69, 9.17) is 0 Å². The molecule has 1 unspecified atom stereocenters. The number of hydrogen-bond donors (Lipinski definition) is 1. The summed E-state index contributed by atoms with van der Waals surface area (Å²) >= 11 is 0. The maximum atomic E-state index is 11.5. The zero-order valence-electron chi connectivity index (χ0n) is 9.08. The predicted molar refractivity (Wildman–Crippen MR) is 65.4 cm³/mol. The van der Waals surface area contributed by atoms with Crippen molar-refractivity contribution in [2.24, 2.45) is 0 Å². The number of benzene rings is 1. The van der Waals surface area contributed by atoms with Crippen LogP contribution in [0.3, 0.4) is 0 Å². The molecule has 0 fully saturated rings. The molecular formula is C13H17NO. The summed E-state index contributed by atoms with van der Waals surface area (Å²) in [6.45, 7) is 4.29. The highest BCUT2D eigenvalue weighted by Gasteiger charge is 2.08. The topological polar surface area (TPSA) is 32.9 Å². The molecule has 1 atom stereocenters. The molecule has 1 heterocycles.